The van der Waals surface area contributed by atoms with Crippen LogP contribution in [0.4, 0.5) is 0 Å². The fraction of sp³-hybridized carbons (Fsp3) is 0.357. The molecule has 0 aliphatic carbocycles. The lowest BCUT2D eigenvalue weighted by Gasteiger charge is -2.14. The molecule has 1 amide bonds. The summed E-state index contributed by atoms with van der Waals surface area (Å²) in [5.41, 5.74) is 2.12. The number of nitrogens with zero attached hydrogens (tertiary/aromatic N) is 6. The van der Waals surface area contributed by atoms with Crippen LogP contribution in [0, 0.1) is 0 Å². The number of amides is 1. The van der Waals surface area contributed by atoms with Gasteiger partial charge in [-0.05, 0) is 32.0 Å². The lowest BCUT2D eigenvalue weighted by Crippen LogP contribution is -2.28. The van der Waals surface area contributed by atoms with Crippen LogP contribution in [0.25, 0.3) is 11.0 Å². The molecule has 1 N–H and O–H groups in total. The number of carbonyl (C=O) groups excluding carboxylic acids is 1. The molecule has 3 rings (SSSR count). The topological polar surface area (TPSA) is 90.5 Å². The molecule has 0 aliphatic heterocycles. The third-order valence-corrected chi connectivity index (χ3v) is 3.59. The SMILES string of the molecule is CCn1cnnc1C(C)NC(=O)c1ccc2c(c1)nnn2C. The van der Waals surface area contributed by atoms with Crippen molar-refractivity contribution >= 4 is 16.9 Å². The Hall–Kier alpha value is -2.77. The van der Waals surface area contributed by atoms with E-state index in [1.807, 2.05) is 31.5 Å². The summed E-state index contributed by atoms with van der Waals surface area (Å²) >= 11 is 0. The minimum absolute atomic E-state index is 0.175. The lowest BCUT2D eigenvalue weighted by molar-refractivity contribution is 0.0937. The van der Waals surface area contributed by atoms with Gasteiger partial charge in [-0.1, -0.05) is 5.21 Å². The second-order valence-corrected chi connectivity index (χ2v) is 5.09. The van der Waals surface area contributed by atoms with Crippen molar-refractivity contribution in [2.24, 2.45) is 7.05 Å². The molecule has 0 spiro atoms. The van der Waals surface area contributed by atoms with Crippen LogP contribution in [-0.4, -0.2) is 35.7 Å². The van der Waals surface area contributed by atoms with Crippen LogP contribution in [0.3, 0.4) is 0 Å². The van der Waals surface area contributed by atoms with Crippen molar-refractivity contribution < 1.29 is 4.79 Å². The standard InChI is InChI=1S/C14H17N7O/c1-4-21-8-15-18-13(21)9(2)16-14(22)10-5-6-12-11(7-10)17-19-20(12)3/h5-9H,4H2,1-3H3,(H,16,22). The van der Waals surface area contributed by atoms with E-state index in [1.165, 1.54) is 0 Å². The number of aromatic nitrogens is 6. The van der Waals surface area contributed by atoms with Crippen LogP contribution in [0.15, 0.2) is 24.5 Å². The maximum atomic E-state index is 12.4. The van der Waals surface area contributed by atoms with Gasteiger partial charge >= 0.3 is 0 Å². The summed E-state index contributed by atoms with van der Waals surface area (Å²) in [7, 11) is 1.81. The first-order valence-electron chi connectivity index (χ1n) is 7.08. The molecule has 1 aromatic carbocycles. The van der Waals surface area contributed by atoms with Crippen molar-refractivity contribution in [3.8, 4) is 0 Å². The molecular weight excluding hydrogens is 282 g/mol. The van der Waals surface area contributed by atoms with Gasteiger partial charge in [-0.25, -0.2) is 4.68 Å². The Balaban J connectivity index is 1.80. The van der Waals surface area contributed by atoms with Gasteiger partial charge in [0, 0.05) is 19.2 Å². The van der Waals surface area contributed by atoms with Crippen LogP contribution in [0.1, 0.15) is 36.1 Å². The highest BCUT2D eigenvalue weighted by molar-refractivity contribution is 5.97. The van der Waals surface area contributed by atoms with E-state index in [-0.39, 0.29) is 11.9 Å². The number of nitrogens with one attached hydrogen (secondary N) is 1. The van der Waals surface area contributed by atoms with Gasteiger partial charge in [0.25, 0.3) is 5.91 Å². The molecule has 3 aromatic rings. The number of aryl methyl sites for hydroxylation is 2. The van der Waals surface area contributed by atoms with Crippen LogP contribution < -0.4 is 5.32 Å². The highest BCUT2D eigenvalue weighted by Gasteiger charge is 2.17. The normalized spacial score (nSPS) is 12.5. The zero-order chi connectivity index (χ0) is 15.7. The second-order valence-electron chi connectivity index (χ2n) is 5.09. The predicted octanol–water partition coefficient (Wildman–Crippen LogP) is 1.07. The van der Waals surface area contributed by atoms with Gasteiger partial charge in [0.15, 0.2) is 5.82 Å². The molecule has 0 saturated heterocycles. The molecule has 1 atom stereocenters. The monoisotopic (exact) mass is 299 g/mol. The van der Waals surface area contributed by atoms with Gasteiger partial charge in [-0.3, -0.25) is 4.79 Å². The zero-order valence-electron chi connectivity index (χ0n) is 12.7. The summed E-state index contributed by atoms with van der Waals surface area (Å²) in [4.78, 5) is 12.4. The Morgan fingerprint density at radius 1 is 1.36 bits per heavy atom. The molecule has 2 heterocycles. The van der Waals surface area contributed by atoms with E-state index in [9.17, 15) is 4.79 Å². The zero-order valence-corrected chi connectivity index (χ0v) is 12.7. The Morgan fingerprint density at radius 3 is 2.95 bits per heavy atom. The van der Waals surface area contributed by atoms with Gasteiger partial charge in [-0.2, -0.15) is 0 Å². The molecule has 0 fully saturated rings. The highest BCUT2D eigenvalue weighted by atomic mass is 16.1. The summed E-state index contributed by atoms with van der Waals surface area (Å²) in [5.74, 6) is 0.558. The van der Waals surface area contributed by atoms with E-state index in [1.54, 1.807) is 23.1 Å². The Kier molecular flexibility index (Phi) is 3.58. The lowest BCUT2D eigenvalue weighted by atomic mass is 10.1. The maximum Gasteiger partial charge on any atom is 0.251 e. The number of fused-ring (bicyclic) bond motifs is 1. The molecule has 8 nitrogen and oxygen atoms in total. The predicted molar refractivity (Wildman–Crippen MR) is 80.1 cm³/mol. The summed E-state index contributed by atoms with van der Waals surface area (Å²) in [5, 5.41) is 18.8. The summed E-state index contributed by atoms with van der Waals surface area (Å²) in [6.07, 6.45) is 1.66. The number of hydrogen-bond donors (Lipinski definition) is 1. The molecule has 22 heavy (non-hydrogen) atoms. The number of rotatable bonds is 4. The van der Waals surface area contributed by atoms with E-state index in [2.05, 4.69) is 25.8 Å². The Bertz CT molecular complexity index is 820. The molecule has 1 unspecified atom stereocenters. The first kappa shape index (κ1) is 14.2. The fourth-order valence-corrected chi connectivity index (χ4v) is 2.37. The average molecular weight is 299 g/mol. The van der Waals surface area contributed by atoms with Gasteiger partial charge < -0.3 is 9.88 Å². The molecule has 2 aromatic heterocycles. The maximum absolute atomic E-state index is 12.4. The Morgan fingerprint density at radius 2 is 2.18 bits per heavy atom. The van der Waals surface area contributed by atoms with E-state index in [0.717, 1.165) is 17.9 Å². The van der Waals surface area contributed by atoms with Crippen molar-refractivity contribution in [3.63, 3.8) is 0 Å². The molecule has 0 aliphatic rings. The van der Waals surface area contributed by atoms with Crippen molar-refractivity contribution in [2.75, 3.05) is 0 Å². The average Bonchev–Trinajstić information content (AvgIpc) is 3.13. The van der Waals surface area contributed by atoms with Crippen molar-refractivity contribution in [1.29, 1.82) is 0 Å². The van der Waals surface area contributed by atoms with E-state index in [0.29, 0.717) is 11.1 Å². The summed E-state index contributed by atoms with van der Waals surface area (Å²) in [6, 6.07) is 5.10. The fourth-order valence-electron chi connectivity index (χ4n) is 2.37. The third-order valence-electron chi connectivity index (χ3n) is 3.59. The van der Waals surface area contributed by atoms with Crippen molar-refractivity contribution in [1.82, 2.24) is 35.1 Å². The largest absolute Gasteiger partial charge is 0.342 e. The van der Waals surface area contributed by atoms with E-state index in [4.69, 9.17) is 0 Å². The third kappa shape index (κ3) is 2.43. The molecule has 0 radical (unpaired) electrons. The smallest absolute Gasteiger partial charge is 0.251 e. The van der Waals surface area contributed by atoms with Gasteiger partial charge in [0.05, 0.1) is 11.6 Å². The van der Waals surface area contributed by atoms with Gasteiger partial charge in [-0.15, -0.1) is 15.3 Å². The molecular formula is C14H17N7O. The van der Waals surface area contributed by atoms with Crippen molar-refractivity contribution in [2.45, 2.75) is 26.4 Å². The number of benzene rings is 1. The molecule has 8 heteroatoms. The van der Waals surface area contributed by atoms with Crippen LogP contribution >= 0.6 is 0 Å². The van der Waals surface area contributed by atoms with Crippen LogP contribution in [-0.2, 0) is 13.6 Å². The van der Waals surface area contributed by atoms with Gasteiger partial charge in [0.2, 0.25) is 0 Å². The van der Waals surface area contributed by atoms with Crippen LogP contribution in [0.2, 0.25) is 0 Å². The van der Waals surface area contributed by atoms with E-state index < -0.39 is 0 Å². The summed E-state index contributed by atoms with van der Waals surface area (Å²) < 4.78 is 3.57. The number of carbonyl (C=O) groups is 1. The summed E-state index contributed by atoms with van der Waals surface area (Å²) in [6.45, 7) is 4.65. The minimum Gasteiger partial charge on any atom is -0.342 e. The molecule has 114 valence electrons. The van der Waals surface area contributed by atoms with Crippen molar-refractivity contribution in [3.05, 3.63) is 35.9 Å². The first-order chi connectivity index (χ1) is 10.6. The van der Waals surface area contributed by atoms with E-state index >= 15 is 0 Å². The highest BCUT2D eigenvalue weighted by Crippen LogP contribution is 2.14. The van der Waals surface area contributed by atoms with Crippen LogP contribution in [0.5, 0.6) is 0 Å². The minimum atomic E-state index is -0.229. The van der Waals surface area contributed by atoms with Gasteiger partial charge in [0.1, 0.15) is 11.8 Å². The molecule has 0 bridgehead atoms. The Labute approximate surface area is 127 Å². The first-order valence-corrected chi connectivity index (χ1v) is 7.08. The second kappa shape index (κ2) is 5.55. The quantitative estimate of drug-likeness (QED) is 0.778. The molecule has 0 saturated carbocycles. The number of hydrogen-bond acceptors (Lipinski definition) is 5.